The van der Waals surface area contributed by atoms with Crippen LogP contribution < -0.4 is 4.74 Å². The summed E-state index contributed by atoms with van der Waals surface area (Å²) in [5.74, 6) is -5.98. The van der Waals surface area contributed by atoms with Crippen molar-refractivity contribution in [1.29, 1.82) is 0 Å². The molecule has 2 atom stereocenters. The molecule has 1 aromatic rings. The second kappa shape index (κ2) is 6.12. The molecule has 0 N–H and O–H groups in total. The molecule has 1 aliphatic carbocycles. The molecule has 0 amide bonds. The Bertz CT molecular complexity index is 846. The number of hydrogen-bond acceptors (Lipinski definition) is 4. The summed E-state index contributed by atoms with van der Waals surface area (Å²) in [6.45, 7) is 1.66. The molecule has 136 valence electrons. The maximum atomic E-state index is 13.3. The zero-order valence-electron chi connectivity index (χ0n) is 13.2. The van der Waals surface area contributed by atoms with Crippen molar-refractivity contribution in [1.82, 2.24) is 0 Å². The summed E-state index contributed by atoms with van der Waals surface area (Å²) in [6, 6.07) is 2.62. The molecule has 3 rings (SSSR count). The second-order valence-corrected chi connectivity index (χ2v) is 8.26. The van der Waals surface area contributed by atoms with E-state index in [9.17, 15) is 26.0 Å². The van der Waals surface area contributed by atoms with Crippen LogP contribution in [0.15, 0.2) is 34.3 Å². The first-order valence-electron chi connectivity index (χ1n) is 7.59. The van der Waals surface area contributed by atoms with Crippen molar-refractivity contribution in [2.75, 3.05) is 0 Å². The molecule has 9 heteroatoms. The van der Waals surface area contributed by atoms with Gasteiger partial charge in [0.05, 0.1) is 10.3 Å². The highest BCUT2D eigenvalue weighted by Gasteiger charge is 2.52. The second-order valence-electron chi connectivity index (χ2n) is 6.34. The summed E-state index contributed by atoms with van der Waals surface area (Å²) in [7, 11) is -4.76. The number of sulfone groups is 1. The smallest absolute Gasteiger partial charge is 0.340 e. The van der Waals surface area contributed by atoms with E-state index in [-0.39, 0.29) is 11.6 Å². The van der Waals surface area contributed by atoms with Crippen molar-refractivity contribution in [2.45, 2.75) is 31.9 Å². The fourth-order valence-corrected chi connectivity index (χ4v) is 4.63. The van der Waals surface area contributed by atoms with Crippen LogP contribution in [0.1, 0.15) is 26.2 Å². The van der Waals surface area contributed by atoms with E-state index in [1.807, 2.05) is 0 Å². The van der Waals surface area contributed by atoms with Crippen LogP contribution >= 0.6 is 0 Å². The first-order valence-corrected chi connectivity index (χ1v) is 9.13. The molecular weight excluding hydrogens is 362 g/mol. The Morgan fingerprint density at radius 3 is 2.48 bits per heavy atom. The first-order chi connectivity index (χ1) is 11.6. The van der Waals surface area contributed by atoms with Crippen molar-refractivity contribution in [2.24, 2.45) is 16.3 Å². The Morgan fingerprint density at radius 1 is 1.24 bits per heavy atom. The Labute approximate surface area is 142 Å². The SMILES string of the molecule is CC12CCCC1C(S(=O)(=O)C(F)F)=CN=C2Oc1cc(F)cc(F)c1. The number of nitrogens with zero attached hydrogens (tertiary/aromatic N) is 1. The van der Waals surface area contributed by atoms with Gasteiger partial charge in [-0.1, -0.05) is 13.3 Å². The average Bonchev–Trinajstić information content (AvgIpc) is 2.89. The Morgan fingerprint density at radius 2 is 1.88 bits per heavy atom. The molecule has 0 bridgehead atoms. The lowest BCUT2D eigenvalue weighted by Crippen LogP contribution is -2.40. The van der Waals surface area contributed by atoms with Crippen molar-refractivity contribution in [3.8, 4) is 5.75 Å². The van der Waals surface area contributed by atoms with Gasteiger partial charge < -0.3 is 4.74 Å². The van der Waals surface area contributed by atoms with E-state index >= 15 is 0 Å². The fraction of sp³-hybridized carbons (Fsp3) is 0.438. The normalized spacial score (nSPS) is 26.2. The molecule has 0 aromatic heterocycles. The van der Waals surface area contributed by atoms with Crippen LogP contribution in [0.5, 0.6) is 5.75 Å². The van der Waals surface area contributed by atoms with Crippen molar-refractivity contribution < 1.29 is 30.7 Å². The summed E-state index contributed by atoms with van der Waals surface area (Å²) in [4.78, 5) is 3.49. The van der Waals surface area contributed by atoms with E-state index in [1.54, 1.807) is 6.92 Å². The van der Waals surface area contributed by atoms with Gasteiger partial charge in [0.1, 0.15) is 17.4 Å². The highest BCUT2D eigenvalue weighted by atomic mass is 32.2. The number of fused-ring (bicyclic) bond motifs is 1. The van der Waals surface area contributed by atoms with Crippen LogP contribution in [0.4, 0.5) is 17.6 Å². The summed E-state index contributed by atoms with van der Waals surface area (Å²) < 4.78 is 81.8. The van der Waals surface area contributed by atoms with Gasteiger partial charge in [-0.3, -0.25) is 0 Å². The summed E-state index contributed by atoms with van der Waals surface area (Å²) >= 11 is 0. The minimum absolute atomic E-state index is 0.0632. The van der Waals surface area contributed by atoms with Gasteiger partial charge in [0.25, 0.3) is 0 Å². The lowest BCUT2D eigenvalue weighted by molar-refractivity contribution is 0.233. The monoisotopic (exact) mass is 377 g/mol. The molecular formula is C16H15F4NO3S. The molecule has 2 unspecified atom stereocenters. The topological polar surface area (TPSA) is 55.7 Å². The third-order valence-electron chi connectivity index (χ3n) is 4.71. The summed E-state index contributed by atoms with van der Waals surface area (Å²) in [5, 5.41) is 0. The molecule has 2 aliphatic rings. The average molecular weight is 377 g/mol. The van der Waals surface area contributed by atoms with Gasteiger partial charge in [-0.15, -0.1) is 0 Å². The van der Waals surface area contributed by atoms with Crippen LogP contribution in [0.2, 0.25) is 0 Å². The highest BCUT2D eigenvalue weighted by molar-refractivity contribution is 7.95. The maximum absolute atomic E-state index is 13.3. The third kappa shape index (κ3) is 3.05. The van der Waals surface area contributed by atoms with Gasteiger partial charge in [0, 0.05) is 30.3 Å². The number of halogens is 4. The number of rotatable bonds is 3. The molecule has 1 heterocycles. The molecule has 1 aromatic carbocycles. The fourth-order valence-electron chi connectivity index (χ4n) is 3.45. The van der Waals surface area contributed by atoms with E-state index in [2.05, 4.69) is 4.99 Å². The predicted molar refractivity (Wildman–Crippen MR) is 82.9 cm³/mol. The largest absolute Gasteiger partial charge is 0.442 e. The standard InChI is InChI=1S/C16H15F4NO3S/c1-16-4-2-3-12(16)13(25(22,23)15(19)20)8-21-14(16)24-11-6-9(17)5-10(18)7-11/h5-8,12,15H,2-4H2,1H3. The molecule has 0 radical (unpaired) electrons. The number of hydrogen-bond donors (Lipinski definition) is 0. The zero-order chi connectivity index (χ0) is 18.4. The molecule has 0 spiro atoms. The first kappa shape index (κ1) is 17.9. The molecule has 1 aliphatic heterocycles. The van der Waals surface area contributed by atoms with Gasteiger partial charge in [-0.25, -0.2) is 22.2 Å². The van der Waals surface area contributed by atoms with Crippen LogP contribution in [-0.4, -0.2) is 20.1 Å². The van der Waals surface area contributed by atoms with Crippen LogP contribution in [0.3, 0.4) is 0 Å². The quantitative estimate of drug-likeness (QED) is 0.747. The zero-order valence-corrected chi connectivity index (χ0v) is 14.0. The van der Waals surface area contributed by atoms with E-state index in [1.165, 1.54) is 0 Å². The van der Waals surface area contributed by atoms with Gasteiger partial charge in [0.2, 0.25) is 15.7 Å². The Balaban J connectivity index is 2.02. The molecule has 1 saturated carbocycles. The van der Waals surface area contributed by atoms with Gasteiger partial charge in [-0.05, 0) is 12.8 Å². The number of ether oxygens (including phenoxy) is 1. The number of alkyl halides is 2. The van der Waals surface area contributed by atoms with E-state index in [4.69, 9.17) is 4.74 Å². The van der Waals surface area contributed by atoms with Crippen LogP contribution in [0, 0.1) is 23.0 Å². The van der Waals surface area contributed by atoms with Crippen molar-refractivity contribution >= 4 is 15.7 Å². The predicted octanol–water partition coefficient (Wildman–Crippen LogP) is 4.04. The van der Waals surface area contributed by atoms with Gasteiger partial charge in [-0.2, -0.15) is 8.78 Å². The van der Waals surface area contributed by atoms with Crippen LogP contribution in [0.25, 0.3) is 0 Å². The molecule has 1 fully saturated rings. The Hall–Kier alpha value is -1.90. The lowest BCUT2D eigenvalue weighted by Gasteiger charge is -2.35. The minimum Gasteiger partial charge on any atom is -0.442 e. The summed E-state index contributed by atoms with van der Waals surface area (Å²) in [5.41, 5.74) is -0.936. The van der Waals surface area contributed by atoms with Crippen molar-refractivity contribution in [3.05, 3.63) is 40.9 Å². The van der Waals surface area contributed by atoms with E-state index in [0.29, 0.717) is 25.3 Å². The number of allylic oxidation sites excluding steroid dienone is 1. The maximum Gasteiger partial charge on any atom is 0.340 e. The molecule has 4 nitrogen and oxygen atoms in total. The molecule has 25 heavy (non-hydrogen) atoms. The Kier molecular flexibility index (Phi) is 4.38. The highest BCUT2D eigenvalue weighted by Crippen LogP contribution is 2.52. The van der Waals surface area contributed by atoms with Gasteiger partial charge >= 0.3 is 5.76 Å². The van der Waals surface area contributed by atoms with E-state index in [0.717, 1.165) is 18.3 Å². The number of benzene rings is 1. The van der Waals surface area contributed by atoms with Crippen LogP contribution in [-0.2, 0) is 9.84 Å². The van der Waals surface area contributed by atoms with Crippen molar-refractivity contribution in [3.63, 3.8) is 0 Å². The lowest BCUT2D eigenvalue weighted by atomic mass is 9.78. The summed E-state index contributed by atoms with van der Waals surface area (Å²) in [6.07, 6.45) is 2.31. The third-order valence-corrected chi connectivity index (χ3v) is 6.23. The minimum atomic E-state index is -4.76. The molecule has 0 saturated heterocycles. The van der Waals surface area contributed by atoms with E-state index < -0.39 is 43.5 Å². The number of aliphatic imine (C=N–C) groups is 1. The van der Waals surface area contributed by atoms with Gasteiger partial charge in [0.15, 0.2) is 0 Å².